The van der Waals surface area contributed by atoms with Crippen molar-refractivity contribution in [3.05, 3.63) is 29.6 Å². The smallest absolute Gasteiger partial charge is 0.325 e. The highest BCUT2D eigenvalue weighted by atomic mass is 32.2. The standard InChI is InChI=1S/C8H9FN2O4S/c9-4-1-2-6(16(11,14)15)5(3-4)7(10)8(12)13/h1-3,7H,10H2,(H,12,13)(H2,11,14,15)/t7-/m0/s1. The molecule has 88 valence electrons. The van der Waals surface area contributed by atoms with E-state index in [1.54, 1.807) is 0 Å². The summed E-state index contributed by atoms with van der Waals surface area (Å²) < 4.78 is 35.1. The molecule has 0 unspecified atom stereocenters. The number of nitrogens with two attached hydrogens (primary N) is 2. The first kappa shape index (κ1) is 12.6. The monoisotopic (exact) mass is 248 g/mol. The fourth-order valence-electron chi connectivity index (χ4n) is 1.15. The number of sulfonamides is 1. The van der Waals surface area contributed by atoms with Gasteiger partial charge in [0.2, 0.25) is 10.0 Å². The molecule has 0 aliphatic heterocycles. The predicted molar refractivity (Wildman–Crippen MR) is 52.3 cm³/mol. The minimum absolute atomic E-state index is 0.380. The van der Waals surface area contributed by atoms with Crippen molar-refractivity contribution in [2.24, 2.45) is 10.9 Å². The van der Waals surface area contributed by atoms with Crippen molar-refractivity contribution < 1.29 is 22.7 Å². The van der Waals surface area contributed by atoms with Crippen LogP contribution in [0.1, 0.15) is 11.6 Å². The maximum Gasteiger partial charge on any atom is 0.325 e. The van der Waals surface area contributed by atoms with Gasteiger partial charge < -0.3 is 10.8 Å². The lowest BCUT2D eigenvalue weighted by Gasteiger charge is -2.11. The van der Waals surface area contributed by atoms with Gasteiger partial charge in [-0.05, 0) is 18.2 Å². The van der Waals surface area contributed by atoms with Crippen LogP contribution in [0.15, 0.2) is 23.1 Å². The number of hydrogen-bond donors (Lipinski definition) is 3. The molecule has 1 aromatic carbocycles. The molecule has 0 saturated carbocycles. The van der Waals surface area contributed by atoms with Crippen molar-refractivity contribution in [2.75, 3.05) is 0 Å². The molecule has 6 nitrogen and oxygen atoms in total. The fraction of sp³-hybridized carbons (Fsp3) is 0.125. The minimum Gasteiger partial charge on any atom is -0.480 e. The summed E-state index contributed by atoms with van der Waals surface area (Å²) in [6.45, 7) is 0. The molecule has 0 aromatic heterocycles. The molecule has 0 heterocycles. The molecule has 8 heteroatoms. The first-order valence-corrected chi connectivity index (χ1v) is 5.58. The summed E-state index contributed by atoms with van der Waals surface area (Å²) in [6, 6.07) is 0.822. The first-order valence-electron chi connectivity index (χ1n) is 4.04. The van der Waals surface area contributed by atoms with Crippen LogP contribution in [0.5, 0.6) is 0 Å². The second-order valence-corrected chi connectivity index (χ2v) is 4.57. The van der Waals surface area contributed by atoms with E-state index < -0.39 is 32.7 Å². The van der Waals surface area contributed by atoms with Crippen LogP contribution in [0.4, 0.5) is 4.39 Å². The maximum absolute atomic E-state index is 12.9. The third kappa shape index (κ3) is 2.54. The summed E-state index contributed by atoms with van der Waals surface area (Å²) in [7, 11) is -4.14. The molecule has 0 aliphatic rings. The van der Waals surface area contributed by atoms with Gasteiger partial charge in [-0.2, -0.15) is 0 Å². The van der Waals surface area contributed by atoms with E-state index in [2.05, 4.69) is 0 Å². The van der Waals surface area contributed by atoms with E-state index in [1.165, 1.54) is 0 Å². The second kappa shape index (κ2) is 4.16. The molecule has 0 aliphatic carbocycles. The Morgan fingerprint density at radius 1 is 1.44 bits per heavy atom. The van der Waals surface area contributed by atoms with Crippen LogP contribution >= 0.6 is 0 Å². The van der Waals surface area contributed by atoms with E-state index in [0.717, 1.165) is 18.2 Å². The zero-order chi connectivity index (χ0) is 12.5. The Morgan fingerprint density at radius 3 is 2.44 bits per heavy atom. The summed E-state index contributed by atoms with van der Waals surface area (Å²) in [5.74, 6) is -2.27. The van der Waals surface area contributed by atoms with Gasteiger partial charge in [0.05, 0.1) is 4.90 Å². The fourth-order valence-corrected chi connectivity index (χ4v) is 1.93. The molecular formula is C8H9FN2O4S. The number of aliphatic carboxylic acids is 1. The number of carboxylic acids is 1. The molecule has 1 aromatic rings. The van der Waals surface area contributed by atoms with Gasteiger partial charge in [0.25, 0.3) is 0 Å². The first-order chi connectivity index (χ1) is 7.23. The predicted octanol–water partition coefficient (Wildman–Crippen LogP) is -0.442. The van der Waals surface area contributed by atoms with Crippen LogP contribution in [0, 0.1) is 5.82 Å². The lowest BCUT2D eigenvalue weighted by Crippen LogP contribution is -2.25. The summed E-state index contributed by atoms with van der Waals surface area (Å²) in [5.41, 5.74) is 4.84. The lowest BCUT2D eigenvalue weighted by molar-refractivity contribution is -0.138. The van der Waals surface area contributed by atoms with Crippen LogP contribution in [0.2, 0.25) is 0 Å². The molecule has 0 spiro atoms. The van der Waals surface area contributed by atoms with E-state index in [-0.39, 0.29) is 5.56 Å². The Bertz CT molecular complexity index is 529. The number of carboxylic acid groups (broad SMARTS) is 1. The lowest BCUT2D eigenvalue weighted by atomic mass is 10.1. The highest BCUT2D eigenvalue weighted by Gasteiger charge is 2.23. The molecule has 0 fully saturated rings. The van der Waals surface area contributed by atoms with Gasteiger partial charge in [0, 0.05) is 5.56 Å². The van der Waals surface area contributed by atoms with E-state index in [4.69, 9.17) is 16.0 Å². The van der Waals surface area contributed by atoms with E-state index in [0.29, 0.717) is 0 Å². The molecule has 1 atom stereocenters. The molecule has 0 bridgehead atoms. The summed E-state index contributed by atoms with van der Waals surface area (Å²) in [4.78, 5) is 10.1. The number of carbonyl (C=O) groups is 1. The van der Waals surface area contributed by atoms with E-state index >= 15 is 0 Å². The molecule has 5 N–H and O–H groups in total. The zero-order valence-corrected chi connectivity index (χ0v) is 8.74. The van der Waals surface area contributed by atoms with Gasteiger partial charge >= 0.3 is 5.97 Å². The Morgan fingerprint density at radius 2 is 2.00 bits per heavy atom. The molecule has 16 heavy (non-hydrogen) atoms. The summed E-state index contributed by atoms with van der Waals surface area (Å²) in [6.07, 6.45) is 0. The van der Waals surface area contributed by atoms with Crippen LogP contribution in [0.25, 0.3) is 0 Å². The quantitative estimate of drug-likeness (QED) is 0.668. The second-order valence-electron chi connectivity index (χ2n) is 3.04. The van der Waals surface area contributed by atoms with Crippen molar-refractivity contribution in [3.63, 3.8) is 0 Å². The number of primary sulfonamides is 1. The molecule has 0 radical (unpaired) electrons. The van der Waals surface area contributed by atoms with Crippen molar-refractivity contribution in [3.8, 4) is 0 Å². The molecule has 1 rings (SSSR count). The van der Waals surface area contributed by atoms with E-state index in [1.807, 2.05) is 0 Å². The van der Waals surface area contributed by atoms with Gasteiger partial charge in [-0.15, -0.1) is 0 Å². The van der Waals surface area contributed by atoms with Crippen molar-refractivity contribution in [1.82, 2.24) is 0 Å². The normalized spacial score (nSPS) is 13.4. The van der Waals surface area contributed by atoms with Gasteiger partial charge in [-0.25, -0.2) is 17.9 Å². The van der Waals surface area contributed by atoms with Crippen molar-refractivity contribution >= 4 is 16.0 Å². The maximum atomic E-state index is 12.9. The summed E-state index contributed by atoms with van der Waals surface area (Å²) in [5, 5.41) is 13.5. The van der Waals surface area contributed by atoms with Crippen LogP contribution in [0.3, 0.4) is 0 Å². The average molecular weight is 248 g/mol. The molecule has 0 amide bonds. The minimum atomic E-state index is -4.14. The third-order valence-corrected chi connectivity index (χ3v) is 2.86. The SMILES string of the molecule is N[C@H](C(=O)O)c1cc(F)ccc1S(N)(=O)=O. The average Bonchev–Trinajstić information content (AvgIpc) is 2.14. The summed E-state index contributed by atoms with van der Waals surface area (Å²) >= 11 is 0. The van der Waals surface area contributed by atoms with Crippen LogP contribution in [-0.2, 0) is 14.8 Å². The number of benzene rings is 1. The highest BCUT2D eigenvalue weighted by Crippen LogP contribution is 2.21. The Hall–Kier alpha value is -1.51. The third-order valence-electron chi connectivity index (χ3n) is 1.88. The topological polar surface area (TPSA) is 123 Å². The van der Waals surface area contributed by atoms with E-state index in [9.17, 15) is 17.6 Å². The molecule has 0 saturated heterocycles. The Balaban J connectivity index is 3.47. The Labute approximate surface area is 90.7 Å². The molecular weight excluding hydrogens is 239 g/mol. The van der Waals surface area contributed by atoms with Gasteiger partial charge in [0.15, 0.2) is 0 Å². The zero-order valence-electron chi connectivity index (χ0n) is 7.92. The van der Waals surface area contributed by atoms with Gasteiger partial charge in [-0.3, -0.25) is 4.79 Å². The number of hydrogen-bond acceptors (Lipinski definition) is 4. The number of rotatable bonds is 3. The van der Waals surface area contributed by atoms with Crippen LogP contribution < -0.4 is 10.9 Å². The Kier molecular flexibility index (Phi) is 3.27. The highest BCUT2D eigenvalue weighted by molar-refractivity contribution is 7.89. The van der Waals surface area contributed by atoms with Gasteiger partial charge in [-0.1, -0.05) is 0 Å². The van der Waals surface area contributed by atoms with Gasteiger partial charge in [0.1, 0.15) is 11.9 Å². The van der Waals surface area contributed by atoms with Crippen LogP contribution in [-0.4, -0.2) is 19.5 Å². The largest absolute Gasteiger partial charge is 0.480 e. The van der Waals surface area contributed by atoms with Crippen molar-refractivity contribution in [1.29, 1.82) is 0 Å². The van der Waals surface area contributed by atoms with Crippen molar-refractivity contribution in [2.45, 2.75) is 10.9 Å². The number of halogens is 1.